The van der Waals surface area contributed by atoms with Gasteiger partial charge < -0.3 is 15.8 Å². The topological polar surface area (TPSA) is 119 Å². The third-order valence-electron chi connectivity index (χ3n) is 3.48. The van der Waals surface area contributed by atoms with Crippen molar-refractivity contribution in [3.05, 3.63) is 54.1 Å². The van der Waals surface area contributed by atoms with Gasteiger partial charge in [-0.15, -0.1) is 0 Å². The highest BCUT2D eigenvalue weighted by Crippen LogP contribution is 2.23. The first kappa shape index (κ1) is 19.3. The van der Waals surface area contributed by atoms with E-state index in [4.69, 9.17) is 10.5 Å². The van der Waals surface area contributed by atoms with Crippen molar-refractivity contribution >= 4 is 33.2 Å². The predicted octanol–water partition coefficient (Wildman–Crippen LogP) is 1.20. The molecule has 2 rings (SSSR count). The van der Waals surface area contributed by atoms with Crippen LogP contribution in [0.25, 0.3) is 0 Å². The fraction of sp³-hybridized carbons (Fsp3) is 0.176. The highest BCUT2D eigenvalue weighted by molar-refractivity contribution is 7.92. The van der Waals surface area contributed by atoms with Gasteiger partial charge in [0.2, 0.25) is 21.8 Å². The molecule has 2 amide bonds. The quantitative estimate of drug-likeness (QED) is 0.751. The molecule has 0 aliphatic carbocycles. The Bertz CT molecular complexity index is 910. The van der Waals surface area contributed by atoms with Gasteiger partial charge in [-0.05, 0) is 36.4 Å². The van der Waals surface area contributed by atoms with Gasteiger partial charge in [-0.1, -0.05) is 6.07 Å². The van der Waals surface area contributed by atoms with E-state index in [2.05, 4.69) is 5.32 Å². The van der Waals surface area contributed by atoms with Crippen molar-refractivity contribution in [2.75, 3.05) is 29.5 Å². The molecule has 0 saturated heterocycles. The molecule has 3 N–H and O–H groups in total. The SMILES string of the molecule is COc1cccc(N(CC(=O)Nc2ccc(C(N)=O)cc2)S(C)(=O)=O)c1. The molecule has 2 aromatic rings. The minimum atomic E-state index is -3.69. The van der Waals surface area contributed by atoms with E-state index in [9.17, 15) is 18.0 Å². The van der Waals surface area contributed by atoms with Gasteiger partial charge in [-0.2, -0.15) is 0 Å². The summed E-state index contributed by atoms with van der Waals surface area (Å²) in [5, 5.41) is 2.58. The Morgan fingerprint density at radius 3 is 2.35 bits per heavy atom. The van der Waals surface area contributed by atoms with E-state index in [1.165, 1.54) is 37.4 Å². The van der Waals surface area contributed by atoms with E-state index in [1.807, 2.05) is 0 Å². The summed E-state index contributed by atoms with van der Waals surface area (Å²) in [5.74, 6) is -0.646. The number of amides is 2. The van der Waals surface area contributed by atoms with Crippen LogP contribution in [-0.4, -0.2) is 40.1 Å². The molecule has 0 aromatic heterocycles. The van der Waals surface area contributed by atoms with Crippen molar-refractivity contribution < 1.29 is 22.7 Å². The Balaban J connectivity index is 2.17. The largest absolute Gasteiger partial charge is 0.497 e. The first-order valence-electron chi connectivity index (χ1n) is 7.52. The van der Waals surface area contributed by atoms with Crippen LogP contribution in [-0.2, 0) is 14.8 Å². The molecular formula is C17H19N3O5S. The molecule has 2 aromatic carbocycles. The van der Waals surface area contributed by atoms with Crippen LogP contribution in [0.2, 0.25) is 0 Å². The molecule has 8 nitrogen and oxygen atoms in total. The van der Waals surface area contributed by atoms with Crippen molar-refractivity contribution in [3.63, 3.8) is 0 Å². The number of hydrogen-bond donors (Lipinski definition) is 2. The number of nitrogens with one attached hydrogen (secondary N) is 1. The number of methoxy groups -OCH3 is 1. The normalized spacial score (nSPS) is 10.8. The van der Waals surface area contributed by atoms with Crippen LogP contribution >= 0.6 is 0 Å². The zero-order chi connectivity index (χ0) is 19.3. The van der Waals surface area contributed by atoms with Crippen molar-refractivity contribution in [1.82, 2.24) is 0 Å². The van der Waals surface area contributed by atoms with Gasteiger partial charge in [-0.3, -0.25) is 13.9 Å². The second kappa shape index (κ2) is 7.87. The second-order valence-corrected chi connectivity index (χ2v) is 7.37. The number of carbonyl (C=O) groups is 2. The summed E-state index contributed by atoms with van der Waals surface area (Å²) in [6.07, 6.45) is 1.02. The molecule has 0 aliphatic rings. The van der Waals surface area contributed by atoms with E-state index >= 15 is 0 Å². The van der Waals surface area contributed by atoms with Crippen LogP contribution in [0.15, 0.2) is 48.5 Å². The molecule has 0 atom stereocenters. The van der Waals surface area contributed by atoms with Crippen molar-refractivity contribution in [2.45, 2.75) is 0 Å². The monoisotopic (exact) mass is 377 g/mol. The van der Waals surface area contributed by atoms with Gasteiger partial charge >= 0.3 is 0 Å². The summed E-state index contributed by atoms with van der Waals surface area (Å²) < 4.78 is 30.2. The molecule has 26 heavy (non-hydrogen) atoms. The molecule has 9 heteroatoms. The van der Waals surface area contributed by atoms with Crippen LogP contribution in [0.4, 0.5) is 11.4 Å². The fourth-order valence-electron chi connectivity index (χ4n) is 2.21. The lowest BCUT2D eigenvalue weighted by atomic mass is 10.2. The van der Waals surface area contributed by atoms with Crippen molar-refractivity contribution in [3.8, 4) is 5.75 Å². The number of nitrogens with two attached hydrogens (primary N) is 1. The summed E-state index contributed by atoms with van der Waals surface area (Å²) in [7, 11) is -2.23. The smallest absolute Gasteiger partial charge is 0.248 e. The van der Waals surface area contributed by atoms with Gasteiger partial charge in [0.15, 0.2) is 0 Å². The Kier molecular flexibility index (Phi) is 5.83. The molecule has 0 aliphatic heterocycles. The molecule has 0 heterocycles. The van der Waals surface area contributed by atoms with Crippen LogP contribution in [0.1, 0.15) is 10.4 Å². The average molecular weight is 377 g/mol. The number of anilines is 2. The number of carbonyl (C=O) groups excluding carboxylic acids is 2. The summed E-state index contributed by atoms with van der Waals surface area (Å²) >= 11 is 0. The maximum Gasteiger partial charge on any atom is 0.248 e. The molecule has 0 radical (unpaired) electrons. The van der Waals surface area contributed by atoms with Crippen molar-refractivity contribution in [1.29, 1.82) is 0 Å². The summed E-state index contributed by atoms with van der Waals surface area (Å²) in [5.41, 5.74) is 6.19. The van der Waals surface area contributed by atoms with Crippen LogP contribution < -0.4 is 20.1 Å². The Hall–Kier alpha value is -3.07. The second-order valence-electron chi connectivity index (χ2n) is 5.46. The lowest BCUT2D eigenvalue weighted by molar-refractivity contribution is -0.114. The van der Waals surface area contributed by atoms with Crippen molar-refractivity contribution in [2.24, 2.45) is 5.73 Å². The van der Waals surface area contributed by atoms with Gasteiger partial charge in [0.1, 0.15) is 12.3 Å². The number of rotatable bonds is 7. The van der Waals surface area contributed by atoms with Gasteiger partial charge in [-0.25, -0.2) is 8.42 Å². The lowest BCUT2D eigenvalue weighted by Crippen LogP contribution is -2.37. The van der Waals surface area contributed by atoms with E-state index in [1.54, 1.807) is 18.2 Å². The minimum absolute atomic E-state index is 0.303. The van der Waals surface area contributed by atoms with E-state index in [0.29, 0.717) is 22.7 Å². The standard InChI is InChI=1S/C17H19N3O5S/c1-25-15-5-3-4-14(10-15)20(26(2,23)24)11-16(21)19-13-8-6-12(7-9-13)17(18)22/h3-10H,11H2,1-2H3,(H2,18,22)(H,19,21). The number of nitrogens with zero attached hydrogens (tertiary/aromatic N) is 1. The van der Waals surface area contributed by atoms with E-state index in [0.717, 1.165) is 10.6 Å². The number of ether oxygens (including phenoxy) is 1. The number of sulfonamides is 1. The van der Waals surface area contributed by atoms with Crippen LogP contribution in [0, 0.1) is 0 Å². The molecule has 0 saturated carbocycles. The molecule has 0 bridgehead atoms. The minimum Gasteiger partial charge on any atom is -0.497 e. The third kappa shape index (κ3) is 4.96. The molecule has 0 fully saturated rings. The molecule has 0 spiro atoms. The number of hydrogen-bond acceptors (Lipinski definition) is 5. The van der Waals surface area contributed by atoms with Crippen LogP contribution in [0.3, 0.4) is 0 Å². The number of benzene rings is 2. The third-order valence-corrected chi connectivity index (χ3v) is 4.62. The Morgan fingerprint density at radius 1 is 1.15 bits per heavy atom. The van der Waals surface area contributed by atoms with Gasteiger partial charge in [0, 0.05) is 17.3 Å². The van der Waals surface area contributed by atoms with Gasteiger partial charge in [0.05, 0.1) is 19.1 Å². The first-order chi connectivity index (χ1) is 12.2. The first-order valence-corrected chi connectivity index (χ1v) is 9.37. The molecular weight excluding hydrogens is 358 g/mol. The Morgan fingerprint density at radius 2 is 1.81 bits per heavy atom. The Labute approximate surface area is 151 Å². The number of primary amides is 1. The zero-order valence-electron chi connectivity index (χ0n) is 14.3. The lowest BCUT2D eigenvalue weighted by Gasteiger charge is -2.22. The van der Waals surface area contributed by atoms with E-state index in [-0.39, 0.29) is 0 Å². The van der Waals surface area contributed by atoms with E-state index < -0.39 is 28.4 Å². The van der Waals surface area contributed by atoms with Crippen LogP contribution in [0.5, 0.6) is 5.75 Å². The molecule has 138 valence electrons. The average Bonchev–Trinajstić information content (AvgIpc) is 2.59. The molecule has 0 unspecified atom stereocenters. The summed E-state index contributed by atoms with van der Waals surface area (Å²) in [6, 6.07) is 12.3. The maximum atomic E-state index is 12.3. The highest BCUT2D eigenvalue weighted by Gasteiger charge is 2.21. The predicted molar refractivity (Wildman–Crippen MR) is 98.8 cm³/mol. The van der Waals surface area contributed by atoms with Gasteiger partial charge in [0.25, 0.3) is 0 Å². The fourth-order valence-corrected chi connectivity index (χ4v) is 3.06. The summed E-state index contributed by atoms with van der Waals surface area (Å²) in [6.45, 7) is -0.413. The maximum absolute atomic E-state index is 12.3. The highest BCUT2D eigenvalue weighted by atomic mass is 32.2. The summed E-state index contributed by atoms with van der Waals surface area (Å²) in [4.78, 5) is 23.3. The zero-order valence-corrected chi connectivity index (χ0v) is 15.1.